The summed E-state index contributed by atoms with van der Waals surface area (Å²) < 4.78 is 13.9. The van der Waals surface area contributed by atoms with Gasteiger partial charge in [-0.25, -0.2) is 4.39 Å². The molecule has 2 rings (SSSR count). The second-order valence-electron chi connectivity index (χ2n) is 4.05. The van der Waals surface area contributed by atoms with Crippen molar-refractivity contribution < 1.29 is 14.0 Å². The number of hydrogen-bond donors (Lipinski definition) is 1. The highest BCUT2D eigenvalue weighted by Crippen LogP contribution is 2.30. The topological polar surface area (TPSA) is 49.4 Å². The van der Waals surface area contributed by atoms with Gasteiger partial charge < -0.3 is 10.2 Å². The zero-order chi connectivity index (χ0) is 13.3. The fourth-order valence-electron chi connectivity index (χ4n) is 1.80. The molecule has 0 bridgehead atoms. The smallest absolute Gasteiger partial charge is 0.296 e. The summed E-state index contributed by atoms with van der Waals surface area (Å²) in [6.07, 6.45) is 1.98. The van der Waals surface area contributed by atoms with Crippen LogP contribution in [0.2, 0.25) is 0 Å². The number of nitrogens with one attached hydrogen (secondary N) is 1. The van der Waals surface area contributed by atoms with Crippen molar-refractivity contribution in [2.45, 2.75) is 0 Å². The van der Waals surface area contributed by atoms with Crippen LogP contribution in [-0.4, -0.2) is 37.3 Å². The van der Waals surface area contributed by atoms with Gasteiger partial charge in [0.05, 0.1) is 16.9 Å². The molecule has 0 radical (unpaired) electrons. The van der Waals surface area contributed by atoms with Gasteiger partial charge in [0.1, 0.15) is 5.82 Å². The molecule has 0 aromatic heterocycles. The zero-order valence-corrected chi connectivity index (χ0v) is 10.9. The van der Waals surface area contributed by atoms with Crippen molar-refractivity contribution in [2.24, 2.45) is 0 Å². The molecule has 0 spiro atoms. The van der Waals surface area contributed by atoms with Gasteiger partial charge in [-0.05, 0) is 18.4 Å². The molecule has 6 heteroatoms. The average molecular weight is 268 g/mol. The number of fused-ring (bicyclic) bond motifs is 1. The number of hydrogen-bond acceptors (Lipinski definition) is 4. The van der Waals surface area contributed by atoms with E-state index in [0.717, 1.165) is 11.8 Å². The van der Waals surface area contributed by atoms with E-state index in [-0.39, 0.29) is 5.56 Å². The zero-order valence-electron chi connectivity index (χ0n) is 10.1. The minimum absolute atomic E-state index is 0.111. The predicted molar refractivity (Wildman–Crippen MR) is 71.0 cm³/mol. The summed E-state index contributed by atoms with van der Waals surface area (Å²) in [5.41, 5.74) is 0.884. The lowest BCUT2D eigenvalue weighted by Gasteiger charge is -2.20. The van der Waals surface area contributed by atoms with Gasteiger partial charge in [0.25, 0.3) is 11.7 Å². The number of halogens is 1. The van der Waals surface area contributed by atoms with Gasteiger partial charge in [-0.2, -0.15) is 11.8 Å². The number of nitrogens with zero attached hydrogens (tertiary/aromatic N) is 1. The molecule has 1 N–H and O–H groups in total. The molecule has 0 fully saturated rings. The van der Waals surface area contributed by atoms with E-state index < -0.39 is 17.5 Å². The Kier molecular flexibility index (Phi) is 3.56. The van der Waals surface area contributed by atoms with Crippen LogP contribution < -0.4 is 10.2 Å². The molecule has 96 valence electrons. The number of carbonyl (C=O) groups excluding carboxylic acids is 2. The second-order valence-corrected chi connectivity index (χ2v) is 5.03. The lowest BCUT2D eigenvalue weighted by Crippen LogP contribution is -2.21. The van der Waals surface area contributed by atoms with Crippen molar-refractivity contribution >= 4 is 34.8 Å². The van der Waals surface area contributed by atoms with Crippen LogP contribution in [0, 0.1) is 5.82 Å². The van der Waals surface area contributed by atoms with Gasteiger partial charge in [-0.1, -0.05) is 0 Å². The lowest BCUT2D eigenvalue weighted by atomic mass is 10.1. The summed E-state index contributed by atoms with van der Waals surface area (Å²) in [4.78, 5) is 24.4. The molecule has 1 amide bonds. The number of thioether (sulfide) groups is 1. The highest BCUT2D eigenvalue weighted by Gasteiger charge is 2.29. The fourth-order valence-corrected chi connectivity index (χ4v) is 2.25. The third-order valence-electron chi connectivity index (χ3n) is 2.83. The molecule has 1 aliphatic rings. The van der Waals surface area contributed by atoms with E-state index in [9.17, 15) is 14.0 Å². The lowest BCUT2D eigenvalue weighted by molar-refractivity contribution is -0.112. The van der Waals surface area contributed by atoms with E-state index in [1.54, 1.807) is 23.7 Å². The molecule has 4 nitrogen and oxygen atoms in total. The Morgan fingerprint density at radius 2 is 2.11 bits per heavy atom. The van der Waals surface area contributed by atoms with Crippen LogP contribution in [0.5, 0.6) is 0 Å². The maximum atomic E-state index is 13.9. The van der Waals surface area contributed by atoms with E-state index >= 15 is 0 Å². The molecule has 1 heterocycles. The first-order chi connectivity index (χ1) is 8.54. The van der Waals surface area contributed by atoms with Crippen LogP contribution in [-0.2, 0) is 4.79 Å². The van der Waals surface area contributed by atoms with Crippen molar-refractivity contribution in [3.05, 3.63) is 23.5 Å². The predicted octanol–water partition coefficient (Wildman–Crippen LogP) is 1.76. The highest BCUT2D eigenvalue weighted by molar-refractivity contribution is 7.98. The summed E-state index contributed by atoms with van der Waals surface area (Å²) >= 11 is 1.67. The van der Waals surface area contributed by atoms with Gasteiger partial charge in [0.2, 0.25) is 0 Å². The largest absolute Gasteiger partial charge is 0.371 e. The SMILES string of the molecule is CSCCN(C)c1cc2c(cc1F)C(=O)C(=O)N2. The minimum atomic E-state index is -0.701. The summed E-state index contributed by atoms with van der Waals surface area (Å²) in [6, 6.07) is 2.63. The first-order valence-corrected chi connectivity index (χ1v) is 6.83. The summed E-state index contributed by atoms with van der Waals surface area (Å²) in [6.45, 7) is 0.693. The molecular weight excluding hydrogens is 255 g/mol. The maximum Gasteiger partial charge on any atom is 0.296 e. The Balaban J connectivity index is 2.32. The number of amides is 1. The molecular formula is C12H13FN2O2S. The molecule has 0 unspecified atom stereocenters. The first-order valence-electron chi connectivity index (χ1n) is 5.44. The molecule has 0 saturated heterocycles. The molecule has 1 aliphatic heterocycles. The molecule has 1 aromatic rings. The van der Waals surface area contributed by atoms with Gasteiger partial charge in [0.15, 0.2) is 0 Å². The average Bonchev–Trinajstić information content (AvgIpc) is 2.62. The number of benzene rings is 1. The van der Waals surface area contributed by atoms with E-state index in [1.807, 2.05) is 6.26 Å². The summed E-state index contributed by atoms with van der Waals surface area (Å²) in [5.74, 6) is -0.990. The van der Waals surface area contributed by atoms with Gasteiger partial charge in [-0.15, -0.1) is 0 Å². The van der Waals surface area contributed by atoms with E-state index in [2.05, 4.69) is 5.32 Å². The number of carbonyl (C=O) groups is 2. The van der Waals surface area contributed by atoms with Crippen LogP contribution in [0.3, 0.4) is 0 Å². The van der Waals surface area contributed by atoms with Crippen LogP contribution in [0.4, 0.5) is 15.8 Å². The van der Waals surface area contributed by atoms with Crippen molar-refractivity contribution in [1.29, 1.82) is 0 Å². The van der Waals surface area contributed by atoms with Crippen LogP contribution in [0.1, 0.15) is 10.4 Å². The van der Waals surface area contributed by atoms with E-state index in [1.165, 1.54) is 6.07 Å². The van der Waals surface area contributed by atoms with Crippen LogP contribution in [0.25, 0.3) is 0 Å². The Hall–Kier alpha value is -1.56. The first kappa shape index (κ1) is 12.9. The highest BCUT2D eigenvalue weighted by atomic mass is 32.2. The molecule has 1 aromatic carbocycles. The number of anilines is 2. The fraction of sp³-hybridized carbons (Fsp3) is 0.333. The van der Waals surface area contributed by atoms with Gasteiger partial charge >= 0.3 is 0 Å². The maximum absolute atomic E-state index is 13.9. The molecule has 18 heavy (non-hydrogen) atoms. The third-order valence-corrected chi connectivity index (χ3v) is 3.42. The Morgan fingerprint density at radius 3 is 2.78 bits per heavy atom. The van der Waals surface area contributed by atoms with Crippen LogP contribution >= 0.6 is 11.8 Å². The van der Waals surface area contributed by atoms with E-state index in [4.69, 9.17) is 0 Å². The van der Waals surface area contributed by atoms with Gasteiger partial charge in [-0.3, -0.25) is 9.59 Å². The van der Waals surface area contributed by atoms with Gasteiger partial charge in [0, 0.05) is 19.3 Å². The molecule has 0 atom stereocenters. The van der Waals surface area contributed by atoms with Crippen molar-refractivity contribution in [3.8, 4) is 0 Å². The monoisotopic (exact) mass is 268 g/mol. The van der Waals surface area contributed by atoms with Crippen LogP contribution in [0.15, 0.2) is 12.1 Å². The minimum Gasteiger partial charge on any atom is -0.371 e. The van der Waals surface area contributed by atoms with E-state index in [0.29, 0.717) is 17.9 Å². The molecule has 0 saturated carbocycles. The number of ketones is 1. The number of Topliss-reactive ketones (excluding diaryl/α,β-unsaturated/α-hetero) is 1. The normalized spacial score (nSPS) is 13.5. The van der Waals surface area contributed by atoms with Crippen molar-refractivity contribution in [1.82, 2.24) is 0 Å². The Morgan fingerprint density at radius 1 is 1.39 bits per heavy atom. The quantitative estimate of drug-likeness (QED) is 0.845. The standard InChI is InChI=1S/C12H13FN2O2S/c1-15(3-4-18-2)10-6-9-7(5-8(10)13)11(16)12(17)14-9/h5-6H,3-4H2,1-2H3,(H,14,16,17). The van der Waals surface area contributed by atoms with Crippen molar-refractivity contribution in [2.75, 3.05) is 35.8 Å². The number of rotatable bonds is 4. The second kappa shape index (κ2) is 4.97. The summed E-state index contributed by atoms with van der Waals surface area (Å²) in [5, 5.41) is 2.44. The third kappa shape index (κ3) is 2.20. The Labute approximate surface area is 109 Å². The molecule has 0 aliphatic carbocycles. The van der Waals surface area contributed by atoms with Crippen molar-refractivity contribution in [3.63, 3.8) is 0 Å². The Bertz CT molecular complexity index is 519. The summed E-state index contributed by atoms with van der Waals surface area (Å²) in [7, 11) is 1.78.